The van der Waals surface area contributed by atoms with E-state index >= 15 is 0 Å². The summed E-state index contributed by atoms with van der Waals surface area (Å²) in [6, 6.07) is 0.0510. The summed E-state index contributed by atoms with van der Waals surface area (Å²) >= 11 is 1.45. The SMILES string of the molecule is Cc1nc(C(C)C)sc1-c1nc(NC2CCN(S(C)(=O)=O)CC2)ncc1F. The summed E-state index contributed by atoms with van der Waals surface area (Å²) in [5, 5.41) is 4.16. The summed E-state index contributed by atoms with van der Waals surface area (Å²) in [5.74, 6) is 0.141. The minimum Gasteiger partial charge on any atom is -0.351 e. The zero-order valence-corrected chi connectivity index (χ0v) is 17.5. The third kappa shape index (κ3) is 4.61. The van der Waals surface area contributed by atoms with Gasteiger partial charge in [0, 0.05) is 25.0 Å². The Balaban J connectivity index is 1.77. The van der Waals surface area contributed by atoms with E-state index in [1.165, 1.54) is 28.1 Å². The van der Waals surface area contributed by atoms with Crippen LogP contribution in [-0.4, -0.2) is 53.1 Å². The highest BCUT2D eigenvalue weighted by molar-refractivity contribution is 7.88. The van der Waals surface area contributed by atoms with E-state index in [2.05, 4.69) is 20.3 Å². The first-order valence-corrected chi connectivity index (χ1v) is 11.5. The Bertz CT molecular complexity index is 921. The van der Waals surface area contributed by atoms with E-state index in [0.29, 0.717) is 36.8 Å². The second-order valence-electron chi connectivity index (χ2n) is 7.09. The fourth-order valence-corrected chi connectivity index (χ4v) is 4.93. The van der Waals surface area contributed by atoms with Gasteiger partial charge in [0.25, 0.3) is 0 Å². The number of nitrogens with zero attached hydrogens (tertiary/aromatic N) is 4. The van der Waals surface area contributed by atoms with Gasteiger partial charge in [-0.15, -0.1) is 11.3 Å². The van der Waals surface area contributed by atoms with Crippen molar-refractivity contribution >= 4 is 27.3 Å². The van der Waals surface area contributed by atoms with Crippen LogP contribution in [0.15, 0.2) is 6.20 Å². The minimum absolute atomic E-state index is 0.0510. The van der Waals surface area contributed by atoms with Crippen LogP contribution in [0.3, 0.4) is 0 Å². The van der Waals surface area contributed by atoms with Crippen LogP contribution < -0.4 is 5.32 Å². The van der Waals surface area contributed by atoms with Gasteiger partial charge < -0.3 is 5.32 Å². The van der Waals surface area contributed by atoms with E-state index in [4.69, 9.17) is 0 Å². The molecule has 1 aliphatic rings. The predicted octanol–water partition coefficient (Wildman–Crippen LogP) is 3.01. The van der Waals surface area contributed by atoms with Crippen LogP contribution in [0.5, 0.6) is 0 Å². The first-order valence-electron chi connectivity index (χ1n) is 8.87. The highest BCUT2D eigenvalue weighted by Crippen LogP contribution is 2.33. The van der Waals surface area contributed by atoms with Gasteiger partial charge in [0.1, 0.15) is 5.69 Å². The third-order valence-corrected chi connectivity index (χ3v) is 7.29. The lowest BCUT2D eigenvalue weighted by Crippen LogP contribution is -2.42. The Morgan fingerprint density at radius 2 is 1.96 bits per heavy atom. The molecule has 148 valence electrons. The summed E-state index contributed by atoms with van der Waals surface area (Å²) in [5.41, 5.74) is 1.01. The van der Waals surface area contributed by atoms with Crippen molar-refractivity contribution in [2.75, 3.05) is 24.7 Å². The monoisotopic (exact) mass is 413 g/mol. The van der Waals surface area contributed by atoms with E-state index in [9.17, 15) is 12.8 Å². The van der Waals surface area contributed by atoms with Crippen LogP contribution in [0.25, 0.3) is 10.6 Å². The van der Waals surface area contributed by atoms with Crippen LogP contribution in [0.1, 0.15) is 43.3 Å². The van der Waals surface area contributed by atoms with E-state index in [-0.39, 0.29) is 17.7 Å². The second-order valence-corrected chi connectivity index (χ2v) is 10.1. The number of sulfonamides is 1. The summed E-state index contributed by atoms with van der Waals surface area (Å²) in [7, 11) is -3.16. The third-order valence-electron chi connectivity index (χ3n) is 4.52. The molecule has 2 aromatic rings. The molecular weight excluding hydrogens is 389 g/mol. The Morgan fingerprint density at radius 1 is 1.30 bits per heavy atom. The zero-order chi connectivity index (χ0) is 19.8. The van der Waals surface area contributed by atoms with Crippen LogP contribution in [-0.2, 0) is 10.0 Å². The summed E-state index contributed by atoms with van der Waals surface area (Å²) in [4.78, 5) is 13.7. The molecule has 0 aliphatic carbocycles. The zero-order valence-electron chi connectivity index (χ0n) is 15.9. The molecule has 0 unspecified atom stereocenters. The van der Waals surface area contributed by atoms with Gasteiger partial charge in [0.2, 0.25) is 16.0 Å². The van der Waals surface area contributed by atoms with E-state index in [1.807, 2.05) is 20.8 Å². The Labute approximate surface area is 163 Å². The fraction of sp³-hybridized carbons (Fsp3) is 0.588. The number of piperidine rings is 1. The van der Waals surface area contributed by atoms with Crippen molar-refractivity contribution in [3.63, 3.8) is 0 Å². The van der Waals surface area contributed by atoms with Crippen LogP contribution >= 0.6 is 11.3 Å². The number of halogens is 1. The first kappa shape index (κ1) is 20.1. The molecule has 0 radical (unpaired) electrons. The fourth-order valence-electron chi connectivity index (χ4n) is 2.99. The molecule has 1 fully saturated rings. The number of aryl methyl sites for hydroxylation is 1. The average Bonchev–Trinajstić information content (AvgIpc) is 2.98. The first-order chi connectivity index (χ1) is 12.6. The molecule has 10 heteroatoms. The lowest BCUT2D eigenvalue weighted by atomic mass is 10.1. The Hall–Kier alpha value is -1.65. The smallest absolute Gasteiger partial charge is 0.223 e. The summed E-state index contributed by atoms with van der Waals surface area (Å²) in [6.45, 7) is 6.86. The molecule has 0 saturated carbocycles. The molecule has 27 heavy (non-hydrogen) atoms. The van der Waals surface area contributed by atoms with Crippen molar-refractivity contribution in [3.05, 3.63) is 22.7 Å². The topological polar surface area (TPSA) is 88.1 Å². The standard InChI is InChI=1S/C17H24FN5O2S2/c1-10(2)16-20-11(3)15(26-16)14-13(18)9-19-17(22-14)21-12-5-7-23(8-6-12)27(4,24)25/h9-10,12H,5-8H2,1-4H3,(H,19,21,22). The highest BCUT2D eigenvalue weighted by atomic mass is 32.2. The number of anilines is 1. The van der Waals surface area contributed by atoms with Gasteiger partial charge in [-0.3, -0.25) is 0 Å². The average molecular weight is 414 g/mol. The molecule has 0 atom stereocenters. The van der Waals surface area contributed by atoms with Gasteiger partial charge in [-0.05, 0) is 19.8 Å². The van der Waals surface area contributed by atoms with Crippen molar-refractivity contribution in [2.24, 2.45) is 0 Å². The molecule has 3 rings (SSSR count). The van der Waals surface area contributed by atoms with Gasteiger partial charge in [-0.1, -0.05) is 13.8 Å². The van der Waals surface area contributed by atoms with Crippen molar-refractivity contribution in [2.45, 2.75) is 45.6 Å². The molecule has 3 heterocycles. The van der Waals surface area contributed by atoms with Crippen molar-refractivity contribution in [1.29, 1.82) is 0 Å². The van der Waals surface area contributed by atoms with Crippen molar-refractivity contribution < 1.29 is 12.8 Å². The number of nitrogens with one attached hydrogen (secondary N) is 1. The van der Waals surface area contributed by atoms with Crippen molar-refractivity contribution in [1.82, 2.24) is 19.3 Å². The molecule has 0 aromatic carbocycles. The number of hydrogen-bond donors (Lipinski definition) is 1. The molecule has 1 N–H and O–H groups in total. The van der Waals surface area contributed by atoms with Gasteiger partial charge in [0.15, 0.2) is 5.82 Å². The Morgan fingerprint density at radius 3 is 2.52 bits per heavy atom. The quantitative estimate of drug-likeness (QED) is 0.811. The molecule has 1 saturated heterocycles. The van der Waals surface area contributed by atoms with Gasteiger partial charge in [-0.2, -0.15) is 0 Å². The molecule has 1 aliphatic heterocycles. The summed E-state index contributed by atoms with van der Waals surface area (Å²) < 4.78 is 39.0. The van der Waals surface area contributed by atoms with Crippen molar-refractivity contribution in [3.8, 4) is 10.6 Å². The minimum atomic E-state index is -3.16. The highest BCUT2D eigenvalue weighted by Gasteiger charge is 2.25. The number of thiazole rings is 1. The molecule has 7 nitrogen and oxygen atoms in total. The maximum Gasteiger partial charge on any atom is 0.223 e. The summed E-state index contributed by atoms with van der Waals surface area (Å²) in [6.07, 6.45) is 3.70. The van der Waals surface area contributed by atoms with Crippen LogP contribution in [0.2, 0.25) is 0 Å². The maximum absolute atomic E-state index is 14.4. The van der Waals surface area contributed by atoms with Crippen LogP contribution in [0, 0.1) is 12.7 Å². The lowest BCUT2D eigenvalue weighted by molar-refractivity contribution is 0.331. The van der Waals surface area contributed by atoms with E-state index in [1.54, 1.807) is 0 Å². The predicted molar refractivity (Wildman–Crippen MR) is 105 cm³/mol. The van der Waals surface area contributed by atoms with E-state index in [0.717, 1.165) is 10.7 Å². The number of aromatic nitrogens is 3. The van der Waals surface area contributed by atoms with E-state index < -0.39 is 15.8 Å². The van der Waals surface area contributed by atoms with Gasteiger partial charge >= 0.3 is 0 Å². The lowest BCUT2D eigenvalue weighted by Gasteiger charge is -2.30. The number of hydrogen-bond acceptors (Lipinski definition) is 7. The normalized spacial score (nSPS) is 16.8. The second kappa shape index (κ2) is 7.76. The molecular formula is C17H24FN5O2S2. The largest absolute Gasteiger partial charge is 0.351 e. The Kier molecular flexibility index (Phi) is 5.78. The number of rotatable bonds is 5. The maximum atomic E-state index is 14.4. The molecule has 0 amide bonds. The molecule has 2 aromatic heterocycles. The van der Waals surface area contributed by atoms with Crippen LogP contribution in [0.4, 0.5) is 10.3 Å². The molecule has 0 spiro atoms. The van der Waals surface area contributed by atoms with Gasteiger partial charge in [-0.25, -0.2) is 32.1 Å². The molecule has 0 bridgehead atoms. The van der Waals surface area contributed by atoms with Gasteiger partial charge in [0.05, 0.1) is 28.0 Å².